The van der Waals surface area contributed by atoms with Crippen molar-refractivity contribution >= 4 is 0 Å². The van der Waals surface area contributed by atoms with Crippen molar-refractivity contribution in [2.75, 3.05) is 20.8 Å². The van der Waals surface area contributed by atoms with Crippen LogP contribution in [0.5, 0.6) is 23.0 Å². The monoisotopic (exact) mass is 356 g/mol. The molecule has 0 unspecified atom stereocenters. The number of hydrogen-bond acceptors (Lipinski definition) is 5. The number of hydrogen-bond donors (Lipinski definition) is 2. The van der Waals surface area contributed by atoms with E-state index in [1.807, 2.05) is 24.3 Å². The van der Waals surface area contributed by atoms with E-state index in [0.717, 1.165) is 18.4 Å². The van der Waals surface area contributed by atoms with Gasteiger partial charge in [0.25, 0.3) is 0 Å². The molecule has 4 rings (SSSR count). The second-order valence-electron chi connectivity index (χ2n) is 7.13. The SMILES string of the molecule is COc1cc([C@H]2OC[C@H]3[C@H]2CC[C@H]3c2ccc(O)c(OC)c2)ccc1O. The predicted octanol–water partition coefficient (Wildman–Crippen LogP) is 4.00. The second-order valence-corrected chi connectivity index (χ2v) is 7.13. The lowest BCUT2D eigenvalue weighted by Crippen LogP contribution is -2.13. The van der Waals surface area contributed by atoms with Crippen LogP contribution in [0.3, 0.4) is 0 Å². The van der Waals surface area contributed by atoms with Gasteiger partial charge in [0, 0.05) is 0 Å². The third-order valence-electron chi connectivity index (χ3n) is 5.90. The van der Waals surface area contributed by atoms with E-state index in [2.05, 4.69) is 0 Å². The molecule has 0 spiro atoms. The minimum Gasteiger partial charge on any atom is -0.504 e. The van der Waals surface area contributed by atoms with Gasteiger partial charge in [0.1, 0.15) is 0 Å². The zero-order chi connectivity index (χ0) is 18.3. The molecule has 2 aromatic rings. The van der Waals surface area contributed by atoms with Gasteiger partial charge in [-0.05, 0) is 66.0 Å². The summed E-state index contributed by atoms with van der Waals surface area (Å²) in [5.41, 5.74) is 2.25. The van der Waals surface area contributed by atoms with Crippen LogP contribution < -0.4 is 9.47 Å². The van der Waals surface area contributed by atoms with Crippen molar-refractivity contribution in [3.8, 4) is 23.0 Å². The summed E-state index contributed by atoms with van der Waals surface area (Å²) in [6.07, 6.45) is 2.21. The Morgan fingerprint density at radius 1 is 0.846 bits per heavy atom. The molecule has 2 aliphatic rings. The van der Waals surface area contributed by atoms with Crippen LogP contribution in [0, 0.1) is 11.8 Å². The quantitative estimate of drug-likeness (QED) is 0.867. The fraction of sp³-hybridized carbons (Fsp3) is 0.429. The summed E-state index contributed by atoms with van der Waals surface area (Å²) < 4.78 is 16.7. The van der Waals surface area contributed by atoms with Gasteiger partial charge in [-0.3, -0.25) is 0 Å². The summed E-state index contributed by atoms with van der Waals surface area (Å²) in [5.74, 6) is 2.59. The number of aromatic hydroxyl groups is 2. The van der Waals surface area contributed by atoms with Crippen molar-refractivity contribution in [1.82, 2.24) is 0 Å². The Kier molecular flexibility index (Phi) is 4.41. The Balaban J connectivity index is 1.58. The lowest BCUT2D eigenvalue weighted by atomic mass is 9.83. The molecule has 26 heavy (non-hydrogen) atoms. The molecule has 2 fully saturated rings. The van der Waals surface area contributed by atoms with Crippen LogP contribution >= 0.6 is 0 Å². The minimum absolute atomic E-state index is 0.0264. The Hall–Kier alpha value is -2.40. The van der Waals surface area contributed by atoms with E-state index in [9.17, 15) is 10.2 Å². The third kappa shape index (κ3) is 2.76. The van der Waals surface area contributed by atoms with Gasteiger partial charge in [-0.15, -0.1) is 0 Å². The van der Waals surface area contributed by atoms with Crippen LogP contribution in [0.15, 0.2) is 36.4 Å². The topological polar surface area (TPSA) is 68.2 Å². The first kappa shape index (κ1) is 17.0. The Morgan fingerprint density at radius 2 is 1.46 bits per heavy atom. The number of phenolic OH excluding ortho intramolecular Hbond substituents is 2. The third-order valence-corrected chi connectivity index (χ3v) is 5.90. The molecule has 1 heterocycles. The van der Waals surface area contributed by atoms with E-state index < -0.39 is 0 Å². The van der Waals surface area contributed by atoms with Crippen molar-refractivity contribution in [1.29, 1.82) is 0 Å². The molecule has 4 atom stereocenters. The highest BCUT2D eigenvalue weighted by Gasteiger charge is 2.47. The number of methoxy groups -OCH3 is 2. The smallest absolute Gasteiger partial charge is 0.160 e. The molecule has 5 heteroatoms. The fourth-order valence-electron chi connectivity index (χ4n) is 4.61. The zero-order valence-corrected chi connectivity index (χ0v) is 15.0. The molecular weight excluding hydrogens is 332 g/mol. The summed E-state index contributed by atoms with van der Waals surface area (Å²) >= 11 is 0. The lowest BCUT2D eigenvalue weighted by molar-refractivity contribution is 0.0843. The summed E-state index contributed by atoms with van der Waals surface area (Å²) in [5, 5.41) is 19.7. The highest BCUT2D eigenvalue weighted by Crippen LogP contribution is 2.55. The van der Waals surface area contributed by atoms with Gasteiger partial charge in [0.05, 0.1) is 26.9 Å². The average molecular weight is 356 g/mol. The second kappa shape index (κ2) is 6.72. The predicted molar refractivity (Wildman–Crippen MR) is 97.0 cm³/mol. The first-order chi connectivity index (χ1) is 12.6. The first-order valence-corrected chi connectivity index (χ1v) is 8.97. The molecule has 138 valence electrons. The van der Waals surface area contributed by atoms with Crippen LogP contribution in [0.4, 0.5) is 0 Å². The van der Waals surface area contributed by atoms with E-state index in [-0.39, 0.29) is 17.6 Å². The van der Waals surface area contributed by atoms with Gasteiger partial charge >= 0.3 is 0 Å². The largest absolute Gasteiger partial charge is 0.504 e. The number of rotatable bonds is 4. The molecule has 1 aliphatic heterocycles. The Bertz CT molecular complexity index is 735. The lowest BCUT2D eigenvalue weighted by Gasteiger charge is -2.20. The van der Waals surface area contributed by atoms with Crippen molar-refractivity contribution in [3.63, 3.8) is 0 Å². The van der Waals surface area contributed by atoms with Gasteiger partial charge < -0.3 is 24.4 Å². The molecule has 1 aliphatic carbocycles. The van der Waals surface area contributed by atoms with Gasteiger partial charge in [0.2, 0.25) is 0 Å². The molecule has 2 N–H and O–H groups in total. The normalized spacial score (nSPS) is 27.3. The van der Waals surface area contributed by atoms with E-state index >= 15 is 0 Å². The van der Waals surface area contributed by atoms with Crippen molar-refractivity contribution in [3.05, 3.63) is 47.5 Å². The molecule has 0 radical (unpaired) electrons. The number of phenols is 2. The van der Waals surface area contributed by atoms with Gasteiger partial charge in [-0.25, -0.2) is 0 Å². The molecule has 1 saturated heterocycles. The van der Waals surface area contributed by atoms with E-state index in [0.29, 0.717) is 35.9 Å². The van der Waals surface area contributed by atoms with E-state index in [1.165, 1.54) is 5.56 Å². The van der Waals surface area contributed by atoms with E-state index in [1.54, 1.807) is 26.4 Å². The summed E-state index contributed by atoms with van der Waals surface area (Å²) in [6.45, 7) is 0.715. The number of fused-ring (bicyclic) bond motifs is 1. The summed E-state index contributed by atoms with van der Waals surface area (Å²) in [4.78, 5) is 0. The molecule has 0 bridgehead atoms. The van der Waals surface area contributed by atoms with Gasteiger partial charge in [-0.1, -0.05) is 12.1 Å². The Morgan fingerprint density at radius 3 is 2.12 bits per heavy atom. The highest BCUT2D eigenvalue weighted by atomic mass is 16.5. The van der Waals surface area contributed by atoms with Gasteiger partial charge in [-0.2, -0.15) is 0 Å². The van der Waals surface area contributed by atoms with Crippen LogP contribution in [0.25, 0.3) is 0 Å². The van der Waals surface area contributed by atoms with Gasteiger partial charge in [0.15, 0.2) is 23.0 Å². The number of ether oxygens (including phenoxy) is 3. The van der Waals surface area contributed by atoms with Crippen molar-refractivity contribution in [2.45, 2.75) is 24.9 Å². The fourth-order valence-corrected chi connectivity index (χ4v) is 4.61. The standard InChI is InChI=1S/C21H24O5/c1-24-19-9-12(3-7-17(19)22)14-5-6-15-16(14)11-26-21(15)13-4-8-18(23)20(10-13)25-2/h3-4,7-10,14-16,21-23H,5-6,11H2,1-2H3/t14-,15+,16+,21+/m0/s1. The molecule has 5 nitrogen and oxygen atoms in total. The van der Waals surface area contributed by atoms with Crippen LogP contribution in [-0.2, 0) is 4.74 Å². The minimum atomic E-state index is 0.0264. The Labute approximate surface area is 153 Å². The van der Waals surface area contributed by atoms with E-state index in [4.69, 9.17) is 14.2 Å². The maximum absolute atomic E-state index is 9.85. The van der Waals surface area contributed by atoms with Crippen molar-refractivity contribution in [2.24, 2.45) is 11.8 Å². The van der Waals surface area contributed by atoms with Crippen LogP contribution in [0.1, 0.15) is 36.0 Å². The maximum Gasteiger partial charge on any atom is 0.160 e. The average Bonchev–Trinajstić information content (AvgIpc) is 3.25. The van der Waals surface area contributed by atoms with Crippen molar-refractivity contribution < 1.29 is 24.4 Å². The molecule has 1 saturated carbocycles. The highest BCUT2D eigenvalue weighted by molar-refractivity contribution is 5.44. The van der Waals surface area contributed by atoms with Crippen LogP contribution in [0.2, 0.25) is 0 Å². The molecular formula is C21H24O5. The molecule has 0 aromatic heterocycles. The zero-order valence-electron chi connectivity index (χ0n) is 15.0. The van der Waals surface area contributed by atoms with Crippen LogP contribution in [-0.4, -0.2) is 31.0 Å². The number of benzene rings is 2. The molecule has 0 amide bonds. The summed E-state index contributed by atoms with van der Waals surface area (Å²) in [6, 6.07) is 11.1. The summed E-state index contributed by atoms with van der Waals surface area (Å²) in [7, 11) is 3.13. The first-order valence-electron chi connectivity index (χ1n) is 8.97. The molecule has 2 aromatic carbocycles. The maximum atomic E-state index is 9.85.